The second-order valence-corrected chi connectivity index (χ2v) is 5.21. The average molecular weight is 269 g/mol. The molecule has 3 nitrogen and oxygen atoms in total. The van der Waals surface area contributed by atoms with Crippen molar-refractivity contribution in [2.75, 3.05) is 0 Å². The molecule has 0 spiro atoms. The maximum Gasteiger partial charge on any atom is 0.161 e. The normalized spacial score (nSPS) is 9.73. The topological polar surface area (TPSA) is 30.2 Å². The van der Waals surface area contributed by atoms with Crippen molar-refractivity contribution in [3.05, 3.63) is 29.7 Å². The lowest BCUT2D eigenvalue weighted by Gasteiger charge is -2.23. The SMILES string of the molecule is CCc1nnc2cc(C)ccn12.[B]B([B])B(B([B])[B])B([B])[B]. The molecule has 0 atom stereocenters. The zero-order valence-electron chi connectivity index (χ0n) is 13.1. The molecule has 2 aromatic rings. The van der Waals surface area contributed by atoms with E-state index in [1.807, 2.05) is 16.7 Å². The summed E-state index contributed by atoms with van der Waals surface area (Å²) in [6.07, 6.45) is 0.494. The summed E-state index contributed by atoms with van der Waals surface area (Å²) in [7, 11) is 31.8. The third-order valence-electron chi connectivity index (χ3n) is 3.29. The van der Waals surface area contributed by atoms with E-state index in [4.69, 9.17) is 46.4 Å². The third kappa shape index (κ3) is 5.17. The van der Waals surface area contributed by atoms with Gasteiger partial charge in [0.25, 0.3) is 0 Å². The van der Waals surface area contributed by atoms with E-state index in [2.05, 4.69) is 30.1 Å². The molecule has 13 heteroatoms. The van der Waals surface area contributed by atoms with Gasteiger partial charge in [-0.3, -0.25) is 4.40 Å². The van der Waals surface area contributed by atoms with Gasteiger partial charge in [-0.25, -0.2) is 0 Å². The van der Waals surface area contributed by atoms with Gasteiger partial charge in [0.15, 0.2) is 5.65 Å². The molecular formula is C9H11B10N3. The number of pyridine rings is 1. The number of aryl methyl sites for hydroxylation is 2. The predicted octanol–water partition coefficient (Wildman–Crippen LogP) is -2.21. The maximum atomic E-state index is 5.30. The molecule has 0 aliphatic heterocycles. The molecule has 0 aliphatic rings. The Kier molecular flexibility index (Phi) is 7.71. The fourth-order valence-corrected chi connectivity index (χ4v) is 2.05. The van der Waals surface area contributed by atoms with Crippen LogP contribution in [0.3, 0.4) is 0 Å². The zero-order valence-corrected chi connectivity index (χ0v) is 13.1. The summed E-state index contributed by atoms with van der Waals surface area (Å²) in [4.78, 5) is 0. The van der Waals surface area contributed by atoms with Gasteiger partial charge in [-0.1, -0.05) is 6.92 Å². The predicted molar refractivity (Wildman–Crippen MR) is 105 cm³/mol. The van der Waals surface area contributed by atoms with Gasteiger partial charge < -0.3 is 0 Å². The summed E-state index contributed by atoms with van der Waals surface area (Å²) in [5.41, 5.74) is 2.16. The molecule has 2 rings (SSSR count). The van der Waals surface area contributed by atoms with Crippen LogP contribution in [0, 0.1) is 6.92 Å². The first-order valence-electron chi connectivity index (χ1n) is 7.11. The average Bonchev–Trinajstić information content (AvgIpc) is 2.79. The Balaban J connectivity index is 0.000000225. The van der Waals surface area contributed by atoms with Gasteiger partial charge in [-0.05, 0) is 24.6 Å². The minimum absolute atomic E-state index is 0.444. The summed E-state index contributed by atoms with van der Waals surface area (Å²) >= 11 is 0. The van der Waals surface area contributed by atoms with Crippen LogP contribution < -0.4 is 0 Å². The van der Waals surface area contributed by atoms with Crippen LogP contribution in [0.4, 0.5) is 0 Å². The van der Waals surface area contributed by atoms with Crippen LogP contribution in [0.25, 0.3) is 5.65 Å². The van der Waals surface area contributed by atoms with E-state index in [9.17, 15) is 0 Å². The molecule has 0 unspecified atom stereocenters. The lowest BCUT2D eigenvalue weighted by molar-refractivity contribution is 0.909. The standard InChI is InChI=1S/C9H11N3.B10/c1-3-8-10-11-9-6-7(2)4-5-12(8)9;1-7(2)10(8(3)4)9(5)6/h4-6H,3H2,1-2H3;. The fraction of sp³-hybridized carbons (Fsp3) is 0.333. The van der Waals surface area contributed by atoms with Crippen LogP contribution in [0.15, 0.2) is 18.3 Å². The molecule has 2 heterocycles. The van der Waals surface area contributed by atoms with Crippen LogP contribution >= 0.6 is 0 Å². The minimum atomic E-state index is -0.667. The van der Waals surface area contributed by atoms with Crippen LogP contribution in [-0.2, 0) is 6.42 Å². The molecule has 92 valence electrons. The molecule has 0 amide bonds. The Morgan fingerprint density at radius 3 is 1.95 bits per heavy atom. The smallest absolute Gasteiger partial charge is 0.161 e. The van der Waals surface area contributed by atoms with E-state index in [-0.39, 0.29) is 0 Å². The zero-order chi connectivity index (χ0) is 16.9. The molecule has 0 N–H and O–H groups in total. The van der Waals surface area contributed by atoms with E-state index in [0.717, 1.165) is 17.9 Å². The highest BCUT2D eigenvalue weighted by Gasteiger charge is 2.24. The van der Waals surface area contributed by atoms with Crippen molar-refractivity contribution >= 4 is 77.6 Å². The molecule has 0 saturated carbocycles. The number of hydrogen-bond acceptors (Lipinski definition) is 2. The van der Waals surface area contributed by atoms with E-state index < -0.39 is 25.5 Å². The van der Waals surface area contributed by atoms with Gasteiger partial charge in [-0.15, -0.1) is 10.2 Å². The maximum absolute atomic E-state index is 5.30. The molecule has 22 heavy (non-hydrogen) atoms. The molecule has 12 radical (unpaired) electrons. The Bertz CT molecular complexity index is 567. The summed E-state index contributed by atoms with van der Waals surface area (Å²) in [5.74, 6) is 1.02. The van der Waals surface area contributed by atoms with E-state index >= 15 is 0 Å². The van der Waals surface area contributed by atoms with E-state index in [0.29, 0.717) is 0 Å². The Morgan fingerprint density at radius 2 is 1.55 bits per heavy atom. The number of nitrogens with zero attached hydrogens (tertiary/aromatic N) is 3. The highest BCUT2D eigenvalue weighted by molar-refractivity contribution is 8.00. The van der Waals surface area contributed by atoms with Gasteiger partial charge >= 0.3 is 0 Å². The molecule has 2 aromatic heterocycles. The third-order valence-corrected chi connectivity index (χ3v) is 3.29. The number of fused-ring (bicyclic) bond motifs is 1. The lowest BCUT2D eigenvalue weighted by Crippen LogP contribution is -2.62. The number of aromatic nitrogens is 3. The molecule has 0 saturated heterocycles. The van der Waals surface area contributed by atoms with Crippen molar-refractivity contribution in [1.82, 2.24) is 14.6 Å². The van der Waals surface area contributed by atoms with Crippen molar-refractivity contribution in [1.29, 1.82) is 0 Å². The second kappa shape index (κ2) is 8.79. The fourth-order valence-electron chi connectivity index (χ4n) is 2.05. The summed E-state index contributed by atoms with van der Waals surface area (Å²) in [5, 5.41) is 8.13. The van der Waals surface area contributed by atoms with Gasteiger partial charge in [0.05, 0.1) is 0 Å². The molecule has 0 fully saturated rings. The summed E-state index contributed by atoms with van der Waals surface area (Å²) in [6, 6.07) is 4.10. The number of rotatable bonds is 4. The summed E-state index contributed by atoms with van der Waals surface area (Å²) in [6.45, 7) is 4.14. The molecule has 0 bridgehead atoms. The quantitative estimate of drug-likeness (QED) is 0.589. The van der Waals surface area contributed by atoms with Crippen LogP contribution in [0.5, 0.6) is 0 Å². The summed E-state index contributed by atoms with van der Waals surface area (Å²) < 4.78 is 2.02. The first-order chi connectivity index (χ1) is 10.3. The lowest BCUT2D eigenvalue weighted by atomic mass is 8.58. The number of hydrogen-bond donors (Lipinski definition) is 0. The van der Waals surface area contributed by atoms with Crippen LogP contribution in [-0.4, -0.2) is 86.6 Å². The van der Waals surface area contributed by atoms with Crippen molar-refractivity contribution < 1.29 is 0 Å². The Labute approximate surface area is 142 Å². The van der Waals surface area contributed by atoms with Crippen LogP contribution in [0.2, 0.25) is 0 Å². The highest BCUT2D eigenvalue weighted by Crippen LogP contribution is 2.06. The first kappa shape index (κ1) is 19.3. The minimum Gasteiger partial charge on any atom is -0.286 e. The van der Waals surface area contributed by atoms with Crippen molar-refractivity contribution in [2.24, 2.45) is 0 Å². The Morgan fingerprint density at radius 1 is 1.00 bits per heavy atom. The molecule has 0 aromatic carbocycles. The highest BCUT2D eigenvalue weighted by atomic mass is 15.2. The van der Waals surface area contributed by atoms with Crippen LogP contribution in [0.1, 0.15) is 18.3 Å². The molecular weight excluding hydrogens is 258 g/mol. The van der Waals surface area contributed by atoms with E-state index in [1.165, 1.54) is 5.56 Å². The molecule has 0 aliphatic carbocycles. The largest absolute Gasteiger partial charge is 0.286 e. The van der Waals surface area contributed by atoms with Crippen molar-refractivity contribution in [3.8, 4) is 0 Å². The Hall–Kier alpha value is -0.731. The van der Waals surface area contributed by atoms with Crippen molar-refractivity contribution in [3.63, 3.8) is 0 Å². The van der Waals surface area contributed by atoms with Gasteiger partial charge in [0.2, 0.25) is 0 Å². The van der Waals surface area contributed by atoms with Gasteiger partial charge in [0, 0.05) is 84.6 Å². The van der Waals surface area contributed by atoms with Gasteiger partial charge in [-0.2, -0.15) is 0 Å². The van der Waals surface area contributed by atoms with E-state index in [1.54, 1.807) is 0 Å². The second-order valence-electron chi connectivity index (χ2n) is 5.21. The van der Waals surface area contributed by atoms with Crippen molar-refractivity contribution in [2.45, 2.75) is 20.3 Å². The first-order valence-corrected chi connectivity index (χ1v) is 7.11. The monoisotopic (exact) mass is 271 g/mol. The van der Waals surface area contributed by atoms with Gasteiger partial charge in [0.1, 0.15) is 5.82 Å².